The highest BCUT2D eigenvalue weighted by molar-refractivity contribution is 7.13. The van der Waals surface area contributed by atoms with Gasteiger partial charge in [-0.3, -0.25) is 38.8 Å². The van der Waals surface area contributed by atoms with Crippen LogP contribution in [0.3, 0.4) is 0 Å². The van der Waals surface area contributed by atoms with Gasteiger partial charge in [-0.25, -0.2) is 18.2 Å². The number of halogens is 3. The first-order valence-electron chi connectivity index (χ1n) is 28.5. The molecule has 0 bridgehead atoms. The average molecular weight is 1190 g/mol. The second-order valence-corrected chi connectivity index (χ2v) is 24.1. The van der Waals surface area contributed by atoms with E-state index in [2.05, 4.69) is 57.8 Å². The van der Waals surface area contributed by atoms with Crippen LogP contribution < -0.4 is 30.9 Å². The number of carbonyl (C=O) groups is 6. The molecule has 19 nitrogen and oxygen atoms in total. The number of nitrogens with one attached hydrogen (secondary N) is 4. The van der Waals surface area contributed by atoms with Gasteiger partial charge in [0.2, 0.25) is 17.7 Å². The Morgan fingerprint density at radius 1 is 0.941 bits per heavy atom. The lowest BCUT2D eigenvalue weighted by Crippen LogP contribution is -2.57. The van der Waals surface area contributed by atoms with Crippen LogP contribution in [0.4, 0.5) is 24.5 Å². The summed E-state index contributed by atoms with van der Waals surface area (Å²) in [5, 5.41) is 21.8. The van der Waals surface area contributed by atoms with Gasteiger partial charge in [-0.1, -0.05) is 50.8 Å². The minimum Gasteiger partial charge on any atom is -0.483 e. The monoisotopic (exact) mass is 1190 g/mol. The van der Waals surface area contributed by atoms with Crippen LogP contribution in [0.25, 0.3) is 10.4 Å². The van der Waals surface area contributed by atoms with Crippen molar-refractivity contribution >= 4 is 58.5 Å². The number of thiazole rings is 1. The van der Waals surface area contributed by atoms with Gasteiger partial charge >= 0.3 is 0 Å². The lowest BCUT2D eigenvalue weighted by molar-refractivity contribution is -0.143. The summed E-state index contributed by atoms with van der Waals surface area (Å²) in [5.74, 6) is 0.0102. The van der Waals surface area contributed by atoms with E-state index < -0.39 is 77.0 Å². The zero-order valence-corrected chi connectivity index (χ0v) is 49.4. The van der Waals surface area contributed by atoms with Crippen LogP contribution in [0, 0.1) is 30.0 Å². The molecule has 5 N–H and O–H groups in total. The van der Waals surface area contributed by atoms with E-state index in [1.807, 2.05) is 31.0 Å². The van der Waals surface area contributed by atoms with Gasteiger partial charge in [-0.05, 0) is 79.4 Å². The van der Waals surface area contributed by atoms with Gasteiger partial charge in [0, 0.05) is 132 Å². The van der Waals surface area contributed by atoms with Crippen molar-refractivity contribution in [3.05, 3.63) is 123 Å². The van der Waals surface area contributed by atoms with E-state index in [-0.39, 0.29) is 61.5 Å². The van der Waals surface area contributed by atoms with Crippen molar-refractivity contribution < 1.29 is 51.8 Å². The number of anilines is 2. The molecule has 2 unspecified atom stereocenters. The number of benzene rings is 3. The number of amides is 5. The van der Waals surface area contributed by atoms with Gasteiger partial charge in [-0.2, -0.15) is 0 Å². The molecule has 0 spiro atoms. The number of aryl methyl sites for hydroxylation is 1. The number of fused-ring (bicyclic) bond motifs is 1. The molecule has 450 valence electrons. The van der Waals surface area contributed by atoms with Gasteiger partial charge in [-0.15, -0.1) is 11.3 Å². The lowest BCUT2D eigenvalue weighted by atomic mass is 9.85. The number of nitrogens with zero attached hydrogens (tertiary/aromatic N) is 7. The van der Waals surface area contributed by atoms with Crippen molar-refractivity contribution in [2.24, 2.45) is 5.41 Å². The number of alkyl halides is 2. The number of hydrogen-bond donors (Lipinski definition) is 5. The minimum absolute atomic E-state index is 0.0106. The van der Waals surface area contributed by atoms with Crippen LogP contribution in [0.5, 0.6) is 5.75 Å². The summed E-state index contributed by atoms with van der Waals surface area (Å²) in [6.07, 6.45) is 3.19. The molecule has 3 saturated heterocycles. The molecule has 5 aromatic rings. The van der Waals surface area contributed by atoms with Crippen molar-refractivity contribution in [1.82, 2.24) is 45.5 Å². The number of aldehydes is 1. The third kappa shape index (κ3) is 15.0. The van der Waals surface area contributed by atoms with Crippen molar-refractivity contribution in [1.29, 1.82) is 0 Å². The first-order chi connectivity index (χ1) is 40.5. The molecule has 2 aromatic heterocycles. The number of aliphatic hydroxyl groups is 1. The normalized spacial score (nSPS) is 19.7. The molecule has 3 aromatic carbocycles. The van der Waals surface area contributed by atoms with Crippen molar-refractivity contribution in [3.8, 4) is 28.0 Å². The number of rotatable bonds is 18. The molecule has 1 aliphatic carbocycles. The summed E-state index contributed by atoms with van der Waals surface area (Å²) in [6, 6.07) is 12.8. The Bertz CT molecular complexity index is 3370. The lowest BCUT2D eigenvalue weighted by Gasteiger charge is -2.38. The molecule has 9 rings (SSSR count). The average Bonchev–Trinajstić information content (AvgIpc) is 1.95. The van der Waals surface area contributed by atoms with Crippen molar-refractivity contribution in [2.45, 2.75) is 96.6 Å². The van der Waals surface area contributed by atoms with Crippen molar-refractivity contribution in [3.63, 3.8) is 0 Å². The highest BCUT2D eigenvalue weighted by Gasteiger charge is 2.48. The molecule has 5 atom stereocenters. The third-order valence-corrected chi connectivity index (χ3v) is 17.0. The summed E-state index contributed by atoms with van der Waals surface area (Å²) < 4.78 is 52.0. The zero-order chi connectivity index (χ0) is 60.7. The number of carbonyl (C=O) groups excluding carboxylic acids is 6. The Labute approximate surface area is 496 Å². The maximum Gasteiger partial charge on any atom is 0.275 e. The van der Waals surface area contributed by atoms with Crippen LogP contribution in [0.1, 0.15) is 96.9 Å². The van der Waals surface area contributed by atoms with Crippen LogP contribution in [0.2, 0.25) is 0 Å². The standard InChI is InChI=1S/C62H72F3N11O8S/c1-38-56(85-37-69-38)42-9-10-44(32-68-59(82)52-29-48(79)34-76(52)60(83)57(61(3,4)5)70-39(2)78)54(27-42)84-36-55(80)67-16-15-46(35-77)73-21-23-74(24-22-73)47-25-40(31-66-33-47)7-8-41-26-43(11-14-51(41)63)58(81)71-45-12-13-49-50(28-45)62(64,65)30-53(49)75-19-17-72(6)18-20-75/h9-14,25-28,31,33,35,37,46,48,52-53,57,79H,15-24,29-30,32,34,36H2,1-6H3,(H,67,80)(H,68,82)(H,70,78)(H,71,81)/t46?,48-,52+,53?,57-/m1/s1. The summed E-state index contributed by atoms with van der Waals surface area (Å²) in [5.41, 5.74) is 5.20. The Kier molecular flexibility index (Phi) is 19.4. The number of ether oxygens (including phenoxy) is 1. The molecular weight excluding hydrogens is 1120 g/mol. The first-order valence-corrected chi connectivity index (χ1v) is 29.4. The minimum atomic E-state index is -3.06. The Morgan fingerprint density at radius 2 is 1.71 bits per heavy atom. The van der Waals surface area contributed by atoms with Crippen LogP contribution in [-0.4, -0.2) is 174 Å². The molecule has 85 heavy (non-hydrogen) atoms. The van der Waals surface area contributed by atoms with Crippen molar-refractivity contribution in [2.75, 3.05) is 89.3 Å². The van der Waals surface area contributed by atoms with E-state index in [4.69, 9.17) is 4.74 Å². The molecule has 0 saturated carbocycles. The van der Waals surface area contributed by atoms with E-state index in [0.29, 0.717) is 68.1 Å². The van der Waals surface area contributed by atoms with E-state index in [1.165, 1.54) is 41.4 Å². The fourth-order valence-electron chi connectivity index (χ4n) is 11.3. The third-order valence-electron chi connectivity index (χ3n) is 16.1. The van der Waals surface area contributed by atoms with Crippen LogP contribution >= 0.6 is 11.3 Å². The van der Waals surface area contributed by atoms with E-state index >= 15 is 13.2 Å². The summed E-state index contributed by atoms with van der Waals surface area (Å²) in [6.45, 7) is 13.5. The molecule has 5 heterocycles. The number of β-amino-alcohol motifs (C(OH)–C–C–N with tert-alkyl or cyclic N) is 1. The number of likely N-dealkylation sites (N-methyl/N-ethyl adjacent to an activating group) is 1. The smallest absolute Gasteiger partial charge is 0.275 e. The van der Waals surface area contributed by atoms with Crippen LogP contribution in [0.15, 0.2) is 78.6 Å². The number of piperazine rings is 2. The molecule has 3 aliphatic heterocycles. The predicted molar refractivity (Wildman–Crippen MR) is 315 cm³/mol. The van der Waals surface area contributed by atoms with Gasteiger partial charge < -0.3 is 50.6 Å². The Hall–Kier alpha value is -7.75. The second kappa shape index (κ2) is 26.7. The quantitative estimate of drug-likeness (QED) is 0.0541. The molecule has 5 amide bonds. The maximum absolute atomic E-state index is 15.4. The number of aromatic nitrogens is 2. The second-order valence-electron chi connectivity index (χ2n) is 23.3. The topological polar surface area (TPSA) is 222 Å². The zero-order valence-electron chi connectivity index (χ0n) is 48.6. The summed E-state index contributed by atoms with van der Waals surface area (Å²) in [4.78, 5) is 98.1. The number of likely N-dealkylation sites (tertiary alicyclic amines) is 1. The molecular formula is C62H72F3N11O8S. The fourth-order valence-corrected chi connectivity index (χ4v) is 12.1. The Balaban J connectivity index is 0.757. The van der Waals surface area contributed by atoms with Gasteiger partial charge in [0.05, 0.1) is 45.7 Å². The molecule has 23 heteroatoms. The van der Waals surface area contributed by atoms with E-state index in [1.54, 1.807) is 62.9 Å². The Morgan fingerprint density at radius 3 is 2.41 bits per heavy atom. The molecule has 3 fully saturated rings. The summed E-state index contributed by atoms with van der Waals surface area (Å²) >= 11 is 1.44. The fraction of sp³-hybridized carbons (Fsp3) is 0.452. The predicted octanol–water partition coefficient (Wildman–Crippen LogP) is 5.49. The highest BCUT2D eigenvalue weighted by Crippen LogP contribution is 2.50. The molecule has 0 radical (unpaired) electrons. The van der Waals surface area contributed by atoms with Gasteiger partial charge in [0.15, 0.2) is 6.61 Å². The largest absolute Gasteiger partial charge is 0.483 e. The summed E-state index contributed by atoms with van der Waals surface area (Å²) in [7, 11) is 2.01. The number of aliphatic hydroxyl groups excluding tert-OH is 1. The maximum atomic E-state index is 15.4. The van der Waals surface area contributed by atoms with E-state index in [0.717, 1.165) is 47.3 Å². The SMILES string of the molecule is CC(=O)N[C@H](C(=O)N1C[C@H](O)C[C@H]1C(=O)NCc1ccc(-c2scnc2C)cc1OCC(=O)NCCC(C=O)N1CCN(c2cncc(C#Cc3cc(C(=O)Nc4ccc5c(c4)C(F)(F)CC5N4CCN(C)CC4)ccc3F)c2)CC1)C(C)(C)C. The number of hydrogen-bond acceptors (Lipinski definition) is 15. The van der Waals surface area contributed by atoms with Gasteiger partial charge in [0.1, 0.15) is 29.9 Å². The number of pyridine rings is 1. The molecule has 4 aliphatic rings. The highest BCUT2D eigenvalue weighted by atomic mass is 32.1. The van der Waals surface area contributed by atoms with Gasteiger partial charge in [0.25, 0.3) is 17.7 Å². The van der Waals surface area contributed by atoms with E-state index in [9.17, 15) is 33.9 Å². The first kappa shape index (κ1) is 61.8. The van der Waals surface area contributed by atoms with Crippen LogP contribution in [-0.2, 0) is 36.4 Å².